The lowest BCUT2D eigenvalue weighted by atomic mass is 10.0. The lowest BCUT2D eigenvalue weighted by Gasteiger charge is -2.43. The molecular weight excluding hydrogens is 591 g/mol. The van der Waals surface area contributed by atoms with Gasteiger partial charge in [-0.25, -0.2) is 14.4 Å². The lowest BCUT2D eigenvalue weighted by Crippen LogP contribution is -2.56. The van der Waals surface area contributed by atoms with Crippen molar-refractivity contribution >= 4 is 23.2 Å². The van der Waals surface area contributed by atoms with E-state index in [1.165, 1.54) is 11.2 Å². The van der Waals surface area contributed by atoms with Gasteiger partial charge in [-0.1, -0.05) is 5.92 Å². The number of piperazine rings is 1. The second-order valence-electron chi connectivity index (χ2n) is 11.6. The molecule has 0 bridgehead atoms. The van der Waals surface area contributed by atoms with Crippen LogP contribution in [0.3, 0.4) is 0 Å². The van der Waals surface area contributed by atoms with Gasteiger partial charge in [0.25, 0.3) is 5.91 Å². The minimum Gasteiger partial charge on any atom is -0.486 e. The highest BCUT2D eigenvalue weighted by Gasteiger charge is 2.35. The van der Waals surface area contributed by atoms with Crippen molar-refractivity contribution in [3.05, 3.63) is 53.9 Å². The number of anilines is 3. The van der Waals surface area contributed by atoms with Gasteiger partial charge in [-0.05, 0) is 48.9 Å². The van der Waals surface area contributed by atoms with Crippen LogP contribution in [0.5, 0.6) is 5.75 Å². The van der Waals surface area contributed by atoms with Crippen molar-refractivity contribution in [2.75, 3.05) is 62.7 Å². The third kappa shape index (κ3) is 6.72. The van der Waals surface area contributed by atoms with E-state index in [-0.39, 0.29) is 30.8 Å². The summed E-state index contributed by atoms with van der Waals surface area (Å²) in [7, 11) is 0. The Balaban J connectivity index is 1.10. The van der Waals surface area contributed by atoms with Crippen LogP contribution < -0.4 is 15.0 Å². The average Bonchev–Trinajstić information content (AvgIpc) is 3.05. The molecule has 1 aromatic heterocycles. The van der Waals surface area contributed by atoms with E-state index in [9.17, 15) is 15.2 Å². The van der Waals surface area contributed by atoms with E-state index < -0.39 is 24.3 Å². The third-order valence-corrected chi connectivity index (χ3v) is 8.62. The Kier molecular flexibility index (Phi) is 9.26. The molecule has 0 spiro atoms. The Morgan fingerprint density at radius 1 is 1.17 bits per heavy atom. The quantitative estimate of drug-likeness (QED) is 0.356. The van der Waals surface area contributed by atoms with Crippen molar-refractivity contribution in [1.82, 2.24) is 24.8 Å². The van der Waals surface area contributed by atoms with Gasteiger partial charge in [0.1, 0.15) is 24.3 Å². The first-order valence-electron chi connectivity index (χ1n) is 15.2. The van der Waals surface area contributed by atoms with E-state index >= 15 is 4.39 Å². The number of benzene rings is 2. The van der Waals surface area contributed by atoms with Gasteiger partial charge in [0, 0.05) is 56.1 Å². The van der Waals surface area contributed by atoms with Gasteiger partial charge >= 0.3 is 0 Å². The number of hydrogen-bond donors (Lipinski definition) is 2. The summed E-state index contributed by atoms with van der Waals surface area (Å²) < 4.78 is 26.4. The third-order valence-electron chi connectivity index (χ3n) is 8.62. The van der Waals surface area contributed by atoms with Crippen molar-refractivity contribution in [3.8, 4) is 35.6 Å². The Bertz CT molecular complexity index is 1650. The van der Waals surface area contributed by atoms with Crippen LogP contribution in [0.15, 0.2) is 42.7 Å². The van der Waals surface area contributed by atoms with Crippen molar-refractivity contribution in [2.24, 2.45) is 0 Å². The van der Waals surface area contributed by atoms with Gasteiger partial charge in [-0.3, -0.25) is 9.69 Å². The number of aliphatic hydroxyl groups excluding tert-OH is 1. The predicted octanol–water partition coefficient (Wildman–Crippen LogP) is 2.29. The molecule has 3 fully saturated rings. The summed E-state index contributed by atoms with van der Waals surface area (Å²) in [6, 6.07) is 14.2. The van der Waals surface area contributed by atoms with E-state index in [1.54, 1.807) is 19.1 Å². The Hall–Kier alpha value is -4.82. The first-order valence-corrected chi connectivity index (χ1v) is 15.2. The first kappa shape index (κ1) is 31.2. The zero-order valence-electron chi connectivity index (χ0n) is 25.5. The fourth-order valence-corrected chi connectivity index (χ4v) is 5.91. The summed E-state index contributed by atoms with van der Waals surface area (Å²) in [6.45, 7) is 7.34. The number of rotatable bonds is 8. The van der Waals surface area contributed by atoms with Gasteiger partial charge in [-0.2, -0.15) is 10.2 Å². The summed E-state index contributed by atoms with van der Waals surface area (Å²) in [4.78, 5) is 31.4. The highest BCUT2D eigenvalue weighted by atomic mass is 19.1. The number of nitrogens with zero attached hydrogens (tertiary/aromatic N) is 7. The molecule has 2 aromatic carbocycles. The van der Waals surface area contributed by atoms with Gasteiger partial charge in [-0.15, -0.1) is 6.42 Å². The van der Waals surface area contributed by atoms with Crippen molar-refractivity contribution in [3.63, 3.8) is 0 Å². The highest BCUT2D eigenvalue weighted by Crippen LogP contribution is 2.32. The van der Waals surface area contributed by atoms with E-state index in [1.807, 2.05) is 18.1 Å². The SMILES string of the molecule is C#C[C@H](O)C(=O)N1CC[C@H](Oc2c(C)cc(-c3ncnc(Nc4ccc(N5CCN(C6COC6)CC5)cc4)n3)cc2C#N)[C@H](F)C1. The number of nitrogens with one attached hydrogen (secondary N) is 1. The molecule has 12 nitrogen and oxygen atoms in total. The molecule has 3 aliphatic rings. The van der Waals surface area contributed by atoms with E-state index in [0.717, 1.165) is 50.8 Å². The number of aromatic nitrogens is 3. The normalized spacial score (nSPS) is 21.1. The number of piperidine rings is 1. The first-order chi connectivity index (χ1) is 22.3. The number of alkyl halides is 1. The van der Waals surface area contributed by atoms with Crippen LogP contribution in [0.4, 0.5) is 21.7 Å². The molecule has 0 unspecified atom stereocenters. The maximum atomic E-state index is 15.0. The minimum absolute atomic E-state index is 0.165. The topological polar surface area (TPSA) is 140 Å². The molecule has 0 radical (unpaired) electrons. The molecule has 3 atom stereocenters. The summed E-state index contributed by atoms with van der Waals surface area (Å²) in [5, 5.41) is 22.8. The van der Waals surface area contributed by atoms with Crippen LogP contribution in [0.2, 0.25) is 0 Å². The van der Waals surface area contributed by atoms with Crippen molar-refractivity contribution in [1.29, 1.82) is 5.26 Å². The largest absolute Gasteiger partial charge is 0.486 e. The summed E-state index contributed by atoms with van der Waals surface area (Å²) in [5.41, 5.74) is 3.38. The number of hydrogen-bond acceptors (Lipinski definition) is 11. The number of amides is 1. The summed E-state index contributed by atoms with van der Waals surface area (Å²) in [6.07, 6.45) is 2.67. The molecule has 6 rings (SSSR count). The highest BCUT2D eigenvalue weighted by molar-refractivity contribution is 5.83. The molecule has 1 amide bonds. The van der Waals surface area contributed by atoms with Gasteiger partial charge in [0.05, 0.1) is 31.4 Å². The standard InChI is InChI=1S/C33H35FN8O4/c1-3-28(43)32(44)42-9-8-29(27(34)17-42)46-30-21(2)14-22(15-23(30)16-35)31-36-20-37-33(39-31)38-24-4-6-25(7-5-24)40-10-12-41(13-11-40)26-18-45-19-26/h1,4-7,14-15,20,26-29,43H,8-13,17-19H2,2H3,(H,36,37,38,39)/t27-,28+,29+/m1/s1. The number of halogens is 1. The Morgan fingerprint density at radius 3 is 2.59 bits per heavy atom. The molecule has 3 aliphatic heterocycles. The smallest absolute Gasteiger partial charge is 0.264 e. The molecule has 3 saturated heterocycles. The zero-order valence-corrected chi connectivity index (χ0v) is 25.5. The molecule has 3 aromatic rings. The molecule has 0 saturated carbocycles. The van der Waals surface area contributed by atoms with Crippen molar-refractivity contribution < 1.29 is 23.8 Å². The minimum atomic E-state index is -1.61. The number of carbonyl (C=O) groups is 1. The van der Waals surface area contributed by atoms with Gasteiger partial charge < -0.3 is 29.7 Å². The average molecular weight is 627 g/mol. The Labute approximate surface area is 266 Å². The fourth-order valence-electron chi connectivity index (χ4n) is 5.91. The van der Waals surface area contributed by atoms with Crippen LogP contribution in [-0.2, 0) is 9.53 Å². The molecule has 4 heterocycles. The molecular formula is C33H35FN8O4. The van der Waals surface area contributed by atoms with Crippen LogP contribution in [0, 0.1) is 30.6 Å². The van der Waals surface area contributed by atoms with Crippen LogP contribution in [0.1, 0.15) is 17.5 Å². The zero-order chi connectivity index (χ0) is 32.2. The van der Waals surface area contributed by atoms with E-state index in [2.05, 4.69) is 48.3 Å². The van der Waals surface area contributed by atoms with Crippen LogP contribution in [-0.4, -0.2) is 113 Å². The lowest BCUT2D eigenvalue weighted by molar-refractivity contribution is -0.141. The maximum Gasteiger partial charge on any atom is 0.264 e. The number of nitriles is 1. The monoisotopic (exact) mass is 626 g/mol. The number of terminal acetylenes is 1. The number of aryl methyl sites for hydroxylation is 1. The van der Waals surface area contributed by atoms with E-state index in [0.29, 0.717) is 28.9 Å². The summed E-state index contributed by atoms with van der Waals surface area (Å²) in [5.74, 6) is 2.21. The molecule has 13 heteroatoms. The number of likely N-dealkylation sites (tertiary alicyclic amines) is 1. The maximum absolute atomic E-state index is 15.0. The van der Waals surface area contributed by atoms with Gasteiger partial charge in [0.2, 0.25) is 5.95 Å². The molecule has 46 heavy (non-hydrogen) atoms. The van der Waals surface area contributed by atoms with E-state index in [4.69, 9.17) is 15.9 Å². The molecule has 238 valence electrons. The molecule has 2 N–H and O–H groups in total. The van der Waals surface area contributed by atoms with Crippen LogP contribution >= 0.6 is 0 Å². The molecule has 0 aliphatic carbocycles. The second kappa shape index (κ2) is 13.7. The number of aliphatic hydroxyl groups is 1. The van der Waals surface area contributed by atoms with Crippen LogP contribution in [0.25, 0.3) is 11.4 Å². The Morgan fingerprint density at radius 2 is 1.93 bits per heavy atom. The predicted molar refractivity (Wildman–Crippen MR) is 168 cm³/mol. The van der Waals surface area contributed by atoms with Crippen molar-refractivity contribution in [2.45, 2.75) is 37.8 Å². The second-order valence-corrected chi connectivity index (χ2v) is 11.6. The summed E-state index contributed by atoms with van der Waals surface area (Å²) >= 11 is 0. The van der Waals surface area contributed by atoms with Gasteiger partial charge in [0.15, 0.2) is 18.1 Å². The fraction of sp³-hybridized carbons (Fsp3) is 0.424. The number of ether oxygens (including phenoxy) is 2. The number of carbonyl (C=O) groups excluding carboxylic acids is 1.